The third-order valence-electron chi connectivity index (χ3n) is 2.66. The minimum Gasteiger partial charge on any atom is -0.455 e. The molecule has 5 nitrogen and oxygen atoms in total. The van der Waals surface area contributed by atoms with Gasteiger partial charge in [0.05, 0.1) is 11.3 Å². The van der Waals surface area contributed by atoms with Gasteiger partial charge in [0, 0.05) is 25.0 Å². The monoisotopic (exact) mass is 257 g/mol. The van der Waals surface area contributed by atoms with Crippen molar-refractivity contribution in [3.63, 3.8) is 0 Å². The van der Waals surface area contributed by atoms with Crippen LogP contribution in [0.3, 0.4) is 0 Å². The predicted octanol–water partition coefficient (Wildman–Crippen LogP) is 2.12. The minimum atomic E-state index is -0.225. The smallest absolute Gasteiger partial charge is 0.254 e. The largest absolute Gasteiger partial charge is 0.455 e. The van der Waals surface area contributed by atoms with Crippen molar-refractivity contribution >= 4 is 11.6 Å². The summed E-state index contributed by atoms with van der Waals surface area (Å²) in [6.45, 7) is 1.83. The number of carbonyl (C=O) groups excluding carboxylic acids is 1. The van der Waals surface area contributed by atoms with Crippen molar-refractivity contribution in [2.24, 2.45) is 0 Å². The van der Waals surface area contributed by atoms with Crippen LogP contribution in [0.5, 0.6) is 11.5 Å². The zero-order valence-corrected chi connectivity index (χ0v) is 10.8. The van der Waals surface area contributed by atoms with Gasteiger partial charge in [-0.25, -0.2) is 0 Å². The second-order valence-electron chi connectivity index (χ2n) is 4.02. The average molecular weight is 257 g/mol. The van der Waals surface area contributed by atoms with E-state index in [4.69, 9.17) is 10.5 Å². The number of hydrogen-bond donors (Lipinski definition) is 2. The SMILES string of the molecule is CNC(=O)c1ccc(N)cc1Oc1cccnc1C. The quantitative estimate of drug-likeness (QED) is 0.826. The number of ether oxygens (including phenoxy) is 1. The molecular weight excluding hydrogens is 242 g/mol. The van der Waals surface area contributed by atoms with Crippen LogP contribution in [0.15, 0.2) is 36.5 Å². The first-order valence-electron chi connectivity index (χ1n) is 5.83. The highest BCUT2D eigenvalue weighted by Gasteiger charge is 2.13. The molecule has 2 aromatic rings. The standard InChI is InChI=1S/C14H15N3O2/c1-9-12(4-3-7-17-9)19-13-8-10(15)5-6-11(13)14(18)16-2/h3-8H,15H2,1-2H3,(H,16,18). The minimum absolute atomic E-state index is 0.225. The van der Waals surface area contributed by atoms with Crippen molar-refractivity contribution < 1.29 is 9.53 Å². The Morgan fingerprint density at radius 1 is 1.32 bits per heavy atom. The summed E-state index contributed by atoms with van der Waals surface area (Å²) < 4.78 is 5.74. The molecule has 0 aliphatic rings. The van der Waals surface area contributed by atoms with Gasteiger partial charge in [-0.15, -0.1) is 0 Å². The van der Waals surface area contributed by atoms with Crippen molar-refractivity contribution in [3.8, 4) is 11.5 Å². The topological polar surface area (TPSA) is 77.2 Å². The van der Waals surface area contributed by atoms with Crippen LogP contribution in [0.25, 0.3) is 0 Å². The average Bonchev–Trinajstić information content (AvgIpc) is 2.41. The molecule has 0 saturated carbocycles. The van der Waals surface area contributed by atoms with Crippen LogP contribution in [0.2, 0.25) is 0 Å². The maximum atomic E-state index is 11.8. The second-order valence-corrected chi connectivity index (χ2v) is 4.02. The van der Waals surface area contributed by atoms with E-state index < -0.39 is 0 Å². The summed E-state index contributed by atoms with van der Waals surface area (Å²) in [6.07, 6.45) is 1.68. The lowest BCUT2D eigenvalue weighted by Gasteiger charge is -2.12. The Kier molecular flexibility index (Phi) is 3.66. The number of benzene rings is 1. The summed E-state index contributed by atoms with van der Waals surface area (Å²) in [5, 5.41) is 2.57. The Bertz CT molecular complexity index is 611. The van der Waals surface area contributed by atoms with E-state index in [0.29, 0.717) is 22.7 Å². The molecule has 3 N–H and O–H groups in total. The number of nitrogen functional groups attached to an aromatic ring is 1. The van der Waals surface area contributed by atoms with Crippen molar-refractivity contribution in [1.82, 2.24) is 10.3 Å². The zero-order chi connectivity index (χ0) is 13.8. The molecule has 5 heteroatoms. The summed E-state index contributed by atoms with van der Waals surface area (Å²) >= 11 is 0. The molecule has 1 aromatic heterocycles. The van der Waals surface area contributed by atoms with Gasteiger partial charge in [-0.1, -0.05) is 0 Å². The molecule has 0 aliphatic heterocycles. The molecule has 1 amide bonds. The van der Waals surface area contributed by atoms with Crippen molar-refractivity contribution in [1.29, 1.82) is 0 Å². The van der Waals surface area contributed by atoms with E-state index in [1.54, 1.807) is 43.6 Å². The molecule has 1 aromatic carbocycles. The van der Waals surface area contributed by atoms with Gasteiger partial charge in [0.15, 0.2) is 0 Å². The molecule has 98 valence electrons. The lowest BCUT2D eigenvalue weighted by atomic mass is 10.1. The normalized spacial score (nSPS) is 10.0. The number of pyridine rings is 1. The van der Waals surface area contributed by atoms with Gasteiger partial charge in [0.25, 0.3) is 5.91 Å². The number of nitrogens with zero attached hydrogens (tertiary/aromatic N) is 1. The summed E-state index contributed by atoms with van der Waals surface area (Å²) in [5.41, 5.74) is 7.44. The number of nitrogens with two attached hydrogens (primary N) is 1. The van der Waals surface area contributed by atoms with Crippen LogP contribution in [0.1, 0.15) is 16.1 Å². The zero-order valence-electron chi connectivity index (χ0n) is 10.8. The van der Waals surface area contributed by atoms with Gasteiger partial charge in [-0.2, -0.15) is 0 Å². The van der Waals surface area contributed by atoms with E-state index in [2.05, 4.69) is 10.3 Å². The first kappa shape index (κ1) is 12.9. The molecule has 0 atom stereocenters. The van der Waals surface area contributed by atoms with Crippen LogP contribution >= 0.6 is 0 Å². The van der Waals surface area contributed by atoms with E-state index in [-0.39, 0.29) is 5.91 Å². The molecule has 0 spiro atoms. The molecule has 1 heterocycles. The van der Waals surface area contributed by atoms with Crippen LogP contribution in [-0.2, 0) is 0 Å². The fraction of sp³-hybridized carbons (Fsp3) is 0.143. The molecule has 0 unspecified atom stereocenters. The van der Waals surface area contributed by atoms with E-state index in [9.17, 15) is 4.79 Å². The van der Waals surface area contributed by atoms with Gasteiger partial charge in [0.1, 0.15) is 11.5 Å². The van der Waals surface area contributed by atoms with Crippen LogP contribution in [0, 0.1) is 6.92 Å². The molecular formula is C14H15N3O2. The number of anilines is 1. The summed E-state index contributed by atoms with van der Waals surface area (Å²) in [5.74, 6) is 0.783. The molecule has 0 aliphatic carbocycles. The van der Waals surface area contributed by atoms with E-state index in [1.165, 1.54) is 0 Å². The van der Waals surface area contributed by atoms with Crippen molar-refractivity contribution in [2.45, 2.75) is 6.92 Å². The predicted molar refractivity (Wildman–Crippen MR) is 73.3 cm³/mol. The van der Waals surface area contributed by atoms with Crippen LogP contribution in [-0.4, -0.2) is 17.9 Å². The lowest BCUT2D eigenvalue weighted by molar-refractivity contribution is 0.0961. The maximum Gasteiger partial charge on any atom is 0.254 e. The van der Waals surface area contributed by atoms with Gasteiger partial charge < -0.3 is 15.8 Å². The van der Waals surface area contributed by atoms with Gasteiger partial charge in [-0.3, -0.25) is 9.78 Å². The highest BCUT2D eigenvalue weighted by molar-refractivity contribution is 5.97. The Morgan fingerprint density at radius 3 is 2.79 bits per heavy atom. The highest BCUT2D eigenvalue weighted by Crippen LogP contribution is 2.28. The van der Waals surface area contributed by atoms with Crippen LogP contribution in [0.4, 0.5) is 5.69 Å². The van der Waals surface area contributed by atoms with Gasteiger partial charge in [0.2, 0.25) is 0 Å². The summed E-state index contributed by atoms with van der Waals surface area (Å²) in [4.78, 5) is 15.9. The number of nitrogens with one attached hydrogen (secondary N) is 1. The third kappa shape index (κ3) is 2.82. The Hall–Kier alpha value is -2.56. The number of carbonyl (C=O) groups is 1. The molecule has 0 fully saturated rings. The van der Waals surface area contributed by atoms with Crippen molar-refractivity contribution in [3.05, 3.63) is 47.8 Å². The lowest BCUT2D eigenvalue weighted by Crippen LogP contribution is -2.18. The Morgan fingerprint density at radius 2 is 2.11 bits per heavy atom. The van der Waals surface area contributed by atoms with E-state index in [0.717, 1.165) is 5.69 Å². The first-order chi connectivity index (χ1) is 9.11. The molecule has 0 radical (unpaired) electrons. The van der Waals surface area contributed by atoms with Crippen molar-refractivity contribution in [2.75, 3.05) is 12.8 Å². The molecule has 0 bridgehead atoms. The van der Waals surface area contributed by atoms with Gasteiger partial charge in [-0.05, 0) is 31.2 Å². The molecule has 2 rings (SSSR count). The van der Waals surface area contributed by atoms with E-state index >= 15 is 0 Å². The second kappa shape index (κ2) is 5.39. The fourth-order valence-electron chi connectivity index (χ4n) is 1.64. The molecule has 0 saturated heterocycles. The maximum absolute atomic E-state index is 11.8. The first-order valence-corrected chi connectivity index (χ1v) is 5.83. The third-order valence-corrected chi connectivity index (χ3v) is 2.66. The number of aryl methyl sites for hydroxylation is 1. The van der Waals surface area contributed by atoms with E-state index in [1.807, 2.05) is 6.92 Å². The fourth-order valence-corrected chi connectivity index (χ4v) is 1.64. The Balaban J connectivity index is 2.41. The summed E-state index contributed by atoms with van der Waals surface area (Å²) in [6, 6.07) is 8.48. The molecule has 19 heavy (non-hydrogen) atoms. The Labute approximate surface area is 111 Å². The number of aromatic nitrogens is 1. The number of amides is 1. The highest BCUT2D eigenvalue weighted by atomic mass is 16.5. The van der Waals surface area contributed by atoms with Gasteiger partial charge >= 0.3 is 0 Å². The summed E-state index contributed by atoms with van der Waals surface area (Å²) in [7, 11) is 1.57. The van der Waals surface area contributed by atoms with Crippen LogP contribution < -0.4 is 15.8 Å². The number of hydrogen-bond acceptors (Lipinski definition) is 4. The number of rotatable bonds is 3.